The van der Waals surface area contributed by atoms with Gasteiger partial charge in [0.1, 0.15) is 0 Å². The number of hydrogen-bond donors (Lipinski definition) is 0. The molecule has 2 fully saturated rings. The lowest BCUT2D eigenvalue weighted by Crippen LogP contribution is -2.23. The van der Waals surface area contributed by atoms with Crippen molar-refractivity contribution in [1.29, 1.82) is 0 Å². The van der Waals surface area contributed by atoms with Gasteiger partial charge in [0, 0.05) is 5.92 Å². The Morgan fingerprint density at radius 2 is 1.80 bits per heavy atom. The van der Waals surface area contributed by atoms with Crippen LogP contribution in [0.2, 0.25) is 0 Å². The average Bonchev–Trinajstić information content (AvgIpc) is 2.30. The third kappa shape index (κ3) is 0.932. The van der Waals surface area contributed by atoms with E-state index in [2.05, 4.69) is 5.92 Å². The molecule has 2 saturated heterocycles. The van der Waals surface area contributed by atoms with E-state index in [1.54, 1.807) is 0 Å². The zero-order chi connectivity index (χ0) is 6.97. The van der Waals surface area contributed by atoms with Crippen LogP contribution in [0.1, 0.15) is 25.7 Å². The lowest BCUT2D eigenvalue weighted by Gasteiger charge is -2.24. The van der Waals surface area contributed by atoms with E-state index in [-0.39, 0.29) is 0 Å². The van der Waals surface area contributed by atoms with Crippen molar-refractivity contribution in [2.75, 3.05) is 0 Å². The van der Waals surface area contributed by atoms with Gasteiger partial charge in [-0.05, 0) is 25.7 Å². The lowest BCUT2D eigenvalue weighted by atomic mass is 9.97. The summed E-state index contributed by atoms with van der Waals surface area (Å²) in [5, 5.41) is 0. The monoisotopic (exact) mass is 136 g/mol. The van der Waals surface area contributed by atoms with Crippen molar-refractivity contribution in [1.82, 2.24) is 0 Å². The first-order valence-corrected chi connectivity index (χ1v) is 4.00. The first-order chi connectivity index (χ1) is 4.88. The van der Waals surface area contributed by atoms with E-state index >= 15 is 0 Å². The second kappa shape index (κ2) is 2.29. The second-order valence-corrected chi connectivity index (χ2v) is 3.29. The smallest absolute Gasteiger partial charge is 0.0591 e. The molecule has 1 unspecified atom stereocenters. The maximum absolute atomic E-state index is 5.63. The molecule has 2 rings (SSSR count). The summed E-state index contributed by atoms with van der Waals surface area (Å²) in [6, 6.07) is 0. The van der Waals surface area contributed by atoms with Crippen LogP contribution >= 0.6 is 0 Å². The standard InChI is InChI=1S/C9H12O/c1-2-7-5-8-3-4-9(6-7)10-8/h1,7-9H,3-6H2/t7?,8-,9+. The molecule has 0 radical (unpaired) electrons. The van der Waals surface area contributed by atoms with Crippen LogP contribution in [-0.2, 0) is 4.74 Å². The van der Waals surface area contributed by atoms with E-state index in [1.807, 2.05) is 0 Å². The molecule has 54 valence electrons. The van der Waals surface area contributed by atoms with Crippen molar-refractivity contribution in [2.45, 2.75) is 37.9 Å². The number of rotatable bonds is 0. The zero-order valence-corrected chi connectivity index (χ0v) is 6.05. The highest BCUT2D eigenvalue weighted by Gasteiger charge is 2.33. The second-order valence-electron chi connectivity index (χ2n) is 3.29. The highest BCUT2D eigenvalue weighted by molar-refractivity contribution is 4.99. The maximum Gasteiger partial charge on any atom is 0.0591 e. The minimum absolute atomic E-state index is 0.500. The normalized spacial score (nSPS) is 44.9. The van der Waals surface area contributed by atoms with E-state index in [9.17, 15) is 0 Å². The van der Waals surface area contributed by atoms with Crippen LogP contribution in [0.4, 0.5) is 0 Å². The van der Waals surface area contributed by atoms with E-state index in [1.165, 1.54) is 12.8 Å². The van der Waals surface area contributed by atoms with Gasteiger partial charge in [0.25, 0.3) is 0 Å². The highest BCUT2D eigenvalue weighted by atomic mass is 16.5. The van der Waals surface area contributed by atoms with Crippen molar-refractivity contribution in [3.8, 4) is 12.3 Å². The maximum atomic E-state index is 5.63. The lowest BCUT2D eigenvalue weighted by molar-refractivity contribution is -0.00794. The minimum Gasteiger partial charge on any atom is -0.375 e. The Bertz CT molecular complexity index is 156. The van der Waals surface area contributed by atoms with Crippen LogP contribution in [0.3, 0.4) is 0 Å². The summed E-state index contributed by atoms with van der Waals surface area (Å²) < 4.78 is 5.63. The number of hydrogen-bond acceptors (Lipinski definition) is 1. The third-order valence-corrected chi connectivity index (χ3v) is 2.53. The van der Waals surface area contributed by atoms with Crippen LogP contribution in [0.5, 0.6) is 0 Å². The molecule has 2 bridgehead atoms. The molecule has 0 aromatic carbocycles. The van der Waals surface area contributed by atoms with E-state index in [4.69, 9.17) is 11.2 Å². The summed E-state index contributed by atoms with van der Waals surface area (Å²) >= 11 is 0. The largest absolute Gasteiger partial charge is 0.375 e. The Hall–Kier alpha value is -0.480. The Morgan fingerprint density at radius 3 is 2.30 bits per heavy atom. The summed E-state index contributed by atoms with van der Waals surface area (Å²) in [7, 11) is 0. The van der Waals surface area contributed by atoms with E-state index in [0.717, 1.165) is 12.8 Å². The molecule has 2 aliphatic heterocycles. The molecule has 3 atom stereocenters. The molecule has 0 N–H and O–H groups in total. The SMILES string of the molecule is C#CC1C[C@H]2CC[C@@H](C1)O2. The summed E-state index contributed by atoms with van der Waals surface area (Å²) in [6.07, 6.45) is 11.0. The van der Waals surface area contributed by atoms with Gasteiger partial charge in [-0.25, -0.2) is 0 Å². The van der Waals surface area contributed by atoms with Gasteiger partial charge in [-0.3, -0.25) is 0 Å². The average molecular weight is 136 g/mol. The first-order valence-electron chi connectivity index (χ1n) is 4.00. The van der Waals surface area contributed by atoms with E-state index < -0.39 is 0 Å². The van der Waals surface area contributed by atoms with Crippen LogP contribution in [-0.4, -0.2) is 12.2 Å². The number of terminal acetylenes is 1. The van der Waals surface area contributed by atoms with Gasteiger partial charge in [-0.2, -0.15) is 0 Å². The molecule has 2 aliphatic rings. The van der Waals surface area contributed by atoms with Crippen LogP contribution in [0, 0.1) is 18.3 Å². The Balaban J connectivity index is 2.04. The molecule has 10 heavy (non-hydrogen) atoms. The first kappa shape index (κ1) is 6.24. The molecule has 0 aromatic heterocycles. The zero-order valence-electron chi connectivity index (χ0n) is 6.05. The van der Waals surface area contributed by atoms with Gasteiger partial charge in [-0.15, -0.1) is 12.3 Å². The molecule has 0 amide bonds. The Kier molecular flexibility index (Phi) is 1.43. The number of ether oxygens (including phenoxy) is 1. The fraction of sp³-hybridized carbons (Fsp3) is 0.778. The van der Waals surface area contributed by atoms with Gasteiger partial charge in [0.2, 0.25) is 0 Å². The number of fused-ring (bicyclic) bond motifs is 2. The van der Waals surface area contributed by atoms with Crippen molar-refractivity contribution in [2.24, 2.45) is 5.92 Å². The van der Waals surface area contributed by atoms with Gasteiger partial charge in [0.15, 0.2) is 0 Å². The molecule has 0 saturated carbocycles. The summed E-state index contributed by atoms with van der Waals surface area (Å²) in [4.78, 5) is 0. The van der Waals surface area contributed by atoms with Crippen molar-refractivity contribution in [3.63, 3.8) is 0 Å². The molecule has 0 aliphatic carbocycles. The summed E-state index contributed by atoms with van der Waals surface area (Å²) in [5.41, 5.74) is 0. The Labute approximate surface area is 61.8 Å². The van der Waals surface area contributed by atoms with Gasteiger partial charge >= 0.3 is 0 Å². The summed E-state index contributed by atoms with van der Waals surface area (Å²) in [6.45, 7) is 0. The predicted octanol–water partition coefficient (Wildman–Crippen LogP) is 1.58. The van der Waals surface area contributed by atoms with E-state index in [0.29, 0.717) is 18.1 Å². The molecule has 0 spiro atoms. The van der Waals surface area contributed by atoms with Gasteiger partial charge in [0.05, 0.1) is 12.2 Å². The highest BCUT2D eigenvalue weighted by Crippen LogP contribution is 2.35. The predicted molar refractivity (Wildman–Crippen MR) is 39.5 cm³/mol. The molecule has 1 heteroatoms. The van der Waals surface area contributed by atoms with Crippen molar-refractivity contribution < 1.29 is 4.74 Å². The van der Waals surface area contributed by atoms with Crippen LogP contribution < -0.4 is 0 Å². The Morgan fingerprint density at radius 1 is 1.20 bits per heavy atom. The van der Waals surface area contributed by atoms with Crippen molar-refractivity contribution >= 4 is 0 Å². The van der Waals surface area contributed by atoms with Crippen molar-refractivity contribution in [3.05, 3.63) is 0 Å². The van der Waals surface area contributed by atoms with Crippen LogP contribution in [0.25, 0.3) is 0 Å². The molecular weight excluding hydrogens is 124 g/mol. The van der Waals surface area contributed by atoms with Gasteiger partial charge < -0.3 is 4.74 Å². The van der Waals surface area contributed by atoms with Crippen LogP contribution in [0.15, 0.2) is 0 Å². The summed E-state index contributed by atoms with van der Waals surface area (Å²) in [5.74, 6) is 3.33. The minimum atomic E-state index is 0.500. The molecular formula is C9H12O. The topological polar surface area (TPSA) is 9.23 Å². The quantitative estimate of drug-likeness (QED) is 0.459. The fourth-order valence-corrected chi connectivity index (χ4v) is 1.99. The third-order valence-electron chi connectivity index (χ3n) is 2.53. The molecule has 0 aromatic rings. The van der Waals surface area contributed by atoms with Gasteiger partial charge in [-0.1, -0.05) is 0 Å². The molecule has 1 nitrogen and oxygen atoms in total. The molecule has 2 heterocycles. The fourth-order valence-electron chi connectivity index (χ4n) is 1.99.